The molecule has 5 rings (SSSR count). The molecule has 1 aromatic carbocycles. The minimum atomic E-state index is -0.144. The van der Waals surface area contributed by atoms with Gasteiger partial charge in [-0.15, -0.1) is 22.7 Å². The largest absolute Gasteiger partial charge is 0.376 e. The highest BCUT2D eigenvalue weighted by Crippen LogP contribution is 2.28. The Morgan fingerprint density at radius 2 is 2.03 bits per heavy atom. The minimum absolute atomic E-state index is 0.139. The van der Waals surface area contributed by atoms with Crippen molar-refractivity contribution in [2.24, 2.45) is 0 Å². The second-order valence-corrected chi connectivity index (χ2v) is 8.81. The molecule has 1 aliphatic heterocycles. The maximum absolute atomic E-state index is 12.6. The van der Waals surface area contributed by atoms with E-state index in [9.17, 15) is 4.79 Å². The molecule has 0 radical (unpaired) electrons. The van der Waals surface area contributed by atoms with Gasteiger partial charge >= 0.3 is 0 Å². The summed E-state index contributed by atoms with van der Waals surface area (Å²) in [5.41, 5.74) is 4.78. The van der Waals surface area contributed by atoms with Crippen molar-refractivity contribution in [3.05, 3.63) is 70.2 Å². The summed E-state index contributed by atoms with van der Waals surface area (Å²) in [7, 11) is 0. The lowest BCUT2D eigenvalue weighted by Gasteiger charge is -2.26. The molecular formula is C22H19N3O2S2. The number of thiazole rings is 1. The van der Waals surface area contributed by atoms with E-state index in [0.29, 0.717) is 12.2 Å². The van der Waals surface area contributed by atoms with Crippen LogP contribution in [0.1, 0.15) is 28.0 Å². The number of nitrogens with zero attached hydrogens (tertiary/aromatic N) is 2. The Hall–Kier alpha value is -2.61. The molecule has 4 heterocycles. The fraction of sp³-hybridized carbons (Fsp3) is 0.227. The molecule has 1 saturated heterocycles. The zero-order chi connectivity index (χ0) is 19.6. The van der Waals surface area contributed by atoms with E-state index in [1.807, 2.05) is 29.1 Å². The molecule has 1 unspecified atom stereocenters. The Balaban J connectivity index is 1.38. The number of amides is 1. The number of rotatable bonds is 6. The number of benzene rings is 1. The fourth-order valence-electron chi connectivity index (χ4n) is 3.36. The van der Waals surface area contributed by atoms with Crippen LogP contribution in [0.4, 0.5) is 0 Å². The molecule has 1 atom stereocenters. The maximum Gasteiger partial charge on any atom is 0.270 e. The number of aromatic nitrogens is 2. The highest BCUT2D eigenvalue weighted by molar-refractivity contribution is 7.17. The van der Waals surface area contributed by atoms with Crippen LogP contribution in [0, 0.1) is 0 Å². The summed E-state index contributed by atoms with van der Waals surface area (Å²) in [4.78, 5) is 21.5. The van der Waals surface area contributed by atoms with Crippen LogP contribution >= 0.6 is 22.7 Å². The van der Waals surface area contributed by atoms with Gasteiger partial charge in [0.15, 0.2) is 0 Å². The van der Waals surface area contributed by atoms with Gasteiger partial charge in [-0.05, 0) is 41.5 Å². The lowest BCUT2D eigenvalue weighted by Crippen LogP contribution is -2.39. The van der Waals surface area contributed by atoms with Gasteiger partial charge in [0.05, 0.1) is 16.3 Å². The van der Waals surface area contributed by atoms with E-state index in [2.05, 4.69) is 39.6 Å². The summed E-state index contributed by atoms with van der Waals surface area (Å²) >= 11 is 3.30. The van der Waals surface area contributed by atoms with Crippen LogP contribution in [0.15, 0.2) is 53.4 Å². The number of pyridine rings is 1. The van der Waals surface area contributed by atoms with Gasteiger partial charge in [-0.1, -0.05) is 24.3 Å². The molecule has 1 fully saturated rings. The van der Waals surface area contributed by atoms with E-state index in [-0.39, 0.29) is 12.0 Å². The second kappa shape index (κ2) is 8.02. The lowest BCUT2D eigenvalue weighted by molar-refractivity contribution is -0.0473. The van der Waals surface area contributed by atoms with E-state index in [4.69, 9.17) is 4.74 Å². The average molecular weight is 422 g/mol. The van der Waals surface area contributed by atoms with Crippen LogP contribution in [0.25, 0.3) is 20.8 Å². The average Bonchev–Trinajstić information content (AvgIpc) is 3.39. The molecular weight excluding hydrogens is 402 g/mol. The minimum Gasteiger partial charge on any atom is -0.376 e. The molecule has 5 nitrogen and oxygen atoms in total. The molecule has 1 N–H and O–H groups in total. The quantitative estimate of drug-likeness (QED) is 0.497. The van der Waals surface area contributed by atoms with Crippen molar-refractivity contribution < 1.29 is 9.53 Å². The molecule has 146 valence electrons. The third-order valence-electron chi connectivity index (χ3n) is 5.03. The summed E-state index contributed by atoms with van der Waals surface area (Å²) in [5.74, 6) is -0.144. The van der Waals surface area contributed by atoms with Crippen LogP contribution < -0.4 is 5.32 Å². The molecule has 0 bridgehead atoms. The second-order valence-electron chi connectivity index (χ2n) is 7.00. The maximum atomic E-state index is 12.6. The number of carbonyl (C=O) groups is 1. The first-order valence-corrected chi connectivity index (χ1v) is 11.3. The number of fused-ring (bicyclic) bond motifs is 1. The van der Waals surface area contributed by atoms with E-state index in [1.165, 1.54) is 5.56 Å². The highest BCUT2D eigenvalue weighted by atomic mass is 32.1. The standard InChI is InChI=1S/C22H19N3O2S2/c26-21(24-13-17-5-8-27-17)19-12-16(20-18(25-19)6-9-28-20)11-14-1-3-15(4-2-14)22-23-7-10-29-22/h1-4,6-7,9-10,12,17H,5,8,11,13H2,(H,24,26). The lowest BCUT2D eigenvalue weighted by atomic mass is 10.0. The zero-order valence-electron chi connectivity index (χ0n) is 15.6. The number of hydrogen-bond donors (Lipinski definition) is 1. The van der Waals surface area contributed by atoms with Gasteiger partial charge in [-0.3, -0.25) is 4.79 Å². The Kier molecular flexibility index (Phi) is 5.10. The Bertz CT molecular complexity index is 1130. The Morgan fingerprint density at radius 3 is 2.76 bits per heavy atom. The van der Waals surface area contributed by atoms with Gasteiger partial charge in [0.2, 0.25) is 0 Å². The first-order valence-electron chi connectivity index (χ1n) is 9.52. The molecule has 0 aliphatic carbocycles. The summed E-state index contributed by atoms with van der Waals surface area (Å²) in [6, 6.07) is 12.4. The van der Waals surface area contributed by atoms with Crippen LogP contribution in [-0.4, -0.2) is 35.1 Å². The Labute approximate surface area is 176 Å². The summed E-state index contributed by atoms with van der Waals surface area (Å²) in [6.07, 6.45) is 3.71. The van der Waals surface area contributed by atoms with Crippen molar-refractivity contribution in [2.75, 3.05) is 13.2 Å². The highest BCUT2D eigenvalue weighted by Gasteiger charge is 2.20. The van der Waals surface area contributed by atoms with Gasteiger partial charge in [0.25, 0.3) is 5.91 Å². The predicted octanol–water partition coefficient (Wildman–Crippen LogP) is 4.53. The molecule has 4 aromatic rings. The van der Waals surface area contributed by atoms with Crippen molar-refractivity contribution in [2.45, 2.75) is 18.9 Å². The van der Waals surface area contributed by atoms with Crippen molar-refractivity contribution in [3.63, 3.8) is 0 Å². The molecule has 3 aromatic heterocycles. The monoisotopic (exact) mass is 421 g/mol. The first kappa shape index (κ1) is 18.4. The third-order valence-corrected chi connectivity index (χ3v) is 6.83. The van der Waals surface area contributed by atoms with E-state index >= 15 is 0 Å². The van der Waals surface area contributed by atoms with Crippen LogP contribution in [0.2, 0.25) is 0 Å². The predicted molar refractivity (Wildman–Crippen MR) is 117 cm³/mol. The van der Waals surface area contributed by atoms with Crippen LogP contribution in [-0.2, 0) is 11.2 Å². The number of carbonyl (C=O) groups excluding carboxylic acids is 1. The summed E-state index contributed by atoms with van der Waals surface area (Å²) in [6.45, 7) is 1.32. The van der Waals surface area contributed by atoms with Crippen LogP contribution in [0.5, 0.6) is 0 Å². The topological polar surface area (TPSA) is 64.1 Å². The van der Waals surface area contributed by atoms with E-state index in [0.717, 1.165) is 45.8 Å². The number of hydrogen-bond acceptors (Lipinski definition) is 6. The first-order chi connectivity index (χ1) is 14.3. The number of ether oxygens (including phenoxy) is 1. The van der Waals surface area contributed by atoms with E-state index < -0.39 is 0 Å². The molecule has 0 saturated carbocycles. The van der Waals surface area contributed by atoms with Crippen molar-refractivity contribution in [3.8, 4) is 10.6 Å². The molecule has 29 heavy (non-hydrogen) atoms. The molecule has 1 aliphatic rings. The number of nitrogens with one attached hydrogen (secondary N) is 1. The SMILES string of the molecule is O=C(NCC1CCO1)c1cc(Cc2ccc(-c3nccs3)cc2)c2sccc2n1. The van der Waals surface area contributed by atoms with Crippen molar-refractivity contribution in [1.82, 2.24) is 15.3 Å². The van der Waals surface area contributed by atoms with Gasteiger partial charge in [0, 0.05) is 30.3 Å². The van der Waals surface area contributed by atoms with Gasteiger partial charge in [0.1, 0.15) is 10.7 Å². The molecule has 7 heteroatoms. The zero-order valence-corrected chi connectivity index (χ0v) is 17.3. The molecule has 0 spiro atoms. The molecule has 1 amide bonds. The summed E-state index contributed by atoms with van der Waals surface area (Å²) < 4.78 is 6.51. The van der Waals surface area contributed by atoms with Gasteiger partial charge in [-0.2, -0.15) is 0 Å². The Morgan fingerprint density at radius 1 is 1.17 bits per heavy atom. The van der Waals surface area contributed by atoms with Crippen molar-refractivity contribution >= 4 is 38.8 Å². The van der Waals surface area contributed by atoms with Gasteiger partial charge < -0.3 is 10.1 Å². The van der Waals surface area contributed by atoms with E-state index in [1.54, 1.807) is 22.7 Å². The van der Waals surface area contributed by atoms with Gasteiger partial charge in [-0.25, -0.2) is 9.97 Å². The fourth-order valence-corrected chi connectivity index (χ4v) is 4.86. The summed E-state index contributed by atoms with van der Waals surface area (Å²) in [5, 5.41) is 7.97. The normalized spacial score (nSPS) is 15.9. The van der Waals surface area contributed by atoms with Crippen LogP contribution in [0.3, 0.4) is 0 Å². The third kappa shape index (κ3) is 3.94. The smallest absolute Gasteiger partial charge is 0.270 e. The van der Waals surface area contributed by atoms with Crippen molar-refractivity contribution in [1.29, 1.82) is 0 Å². The number of thiophene rings is 1.